The molecule has 0 aromatic heterocycles. The van der Waals surface area contributed by atoms with Crippen LogP contribution >= 0.6 is 0 Å². The third kappa shape index (κ3) is 2.62. The summed E-state index contributed by atoms with van der Waals surface area (Å²) in [6.07, 6.45) is 8.16. The fraction of sp³-hybridized carbons (Fsp3) is 0.533. The normalized spacial score (nSPS) is 20.1. The van der Waals surface area contributed by atoms with Crippen molar-refractivity contribution in [2.24, 2.45) is 5.92 Å². The molecular weight excluding hydrogens is 180 g/mol. The lowest BCUT2D eigenvalue weighted by Gasteiger charge is -2.29. The Morgan fingerprint density at radius 2 is 1.73 bits per heavy atom. The van der Waals surface area contributed by atoms with E-state index in [4.69, 9.17) is 0 Å². The van der Waals surface area contributed by atoms with E-state index < -0.39 is 0 Å². The molecule has 1 aromatic rings. The van der Waals surface area contributed by atoms with Crippen molar-refractivity contribution in [1.29, 1.82) is 0 Å². The summed E-state index contributed by atoms with van der Waals surface area (Å²) >= 11 is 0. The molecule has 0 heteroatoms. The fourth-order valence-electron chi connectivity index (χ4n) is 2.91. The monoisotopic (exact) mass is 201 g/mol. The molecule has 1 aromatic carbocycles. The summed E-state index contributed by atoms with van der Waals surface area (Å²) in [7, 11) is 0. The van der Waals surface area contributed by atoms with Crippen molar-refractivity contribution < 1.29 is 0 Å². The summed E-state index contributed by atoms with van der Waals surface area (Å²) in [5.41, 5.74) is 1.50. The van der Waals surface area contributed by atoms with Crippen LogP contribution in [0.2, 0.25) is 0 Å². The second-order valence-corrected chi connectivity index (χ2v) is 4.70. The van der Waals surface area contributed by atoms with Gasteiger partial charge in [0.2, 0.25) is 0 Å². The largest absolute Gasteiger partial charge is 0.0622 e. The van der Waals surface area contributed by atoms with Crippen LogP contribution in [0.3, 0.4) is 0 Å². The third-order valence-electron chi connectivity index (χ3n) is 3.76. The molecular formula is C15H21. The Kier molecular flexibility index (Phi) is 3.82. The van der Waals surface area contributed by atoms with Gasteiger partial charge in [0, 0.05) is 0 Å². The van der Waals surface area contributed by atoms with Gasteiger partial charge in [0.05, 0.1) is 0 Å². The average Bonchev–Trinajstić information content (AvgIpc) is 2.33. The van der Waals surface area contributed by atoms with Crippen LogP contribution in [-0.2, 0) is 0 Å². The predicted molar refractivity (Wildman–Crippen MR) is 65.7 cm³/mol. The smallest absolute Gasteiger partial charge is 0.0134 e. The van der Waals surface area contributed by atoms with Crippen LogP contribution in [0.4, 0.5) is 0 Å². The Morgan fingerprint density at radius 3 is 2.33 bits per heavy atom. The van der Waals surface area contributed by atoms with E-state index in [1.54, 1.807) is 0 Å². The molecule has 0 heterocycles. The van der Waals surface area contributed by atoms with Gasteiger partial charge in [-0.05, 0) is 36.7 Å². The lowest BCUT2D eigenvalue weighted by Crippen LogP contribution is -2.15. The van der Waals surface area contributed by atoms with Gasteiger partial charge in [-0.3, -0.25) is 0 Å². The van der Waals surface area contributed by atoms with Crippen LogP contribution < -0.4 is 0 Å². The molecule has 81 valence electrons. The molecule has 1 aliphatic rings. The van der Waals surface area contributed by atoms with Crippen molar-refractivity contribution in [2.75, 3.05) is 0 Å². The standard InChI is InChI=1S/C15H21/c1-2-15(13-9-5-3-6-10-13)14-11-7-4-8-12-14/h3,5-6,9-10,14-15H,1-2,4,7-8,11-12H2. The molecule has 1 atom stereocenters. The van der Waals surface area contributed by atoms with Gasteiger partial charge in [-0.25, -0.2) is 0 Å². The Balaban J connectivity index is 2.09. The van der Waals surface area contributed by atoms with Gasteiger partial charge in [-0.2, -0.15) is 0 Å². The van der Waals surface area contributed by atoms with E-state index >= 15 is 0 Å². The van der Waals surface area contributed by atoms with Crippen molar-refractivity contribution >= 4 is 0 Å². The first-order valence-electron chi connectivity index (χ1n) is 6.26. The van der Waals surface area contributed by atoms with E-state index in [9.17, 15) is 0 Å². The molecule has 1 aliphatic carbocycles. The zero-order valence-corrected chi connectivity index (χ0v) is 9.49. The van der Waals surface area contributed by atoms with Crippen molar-refractivity contribution in [3.8, 4) is 0 Å². The first-order valence-corrected chi connectivity index (χ1v) is 6.26. The van der Waals surface area contributed by atoms with Crippen molar-refractivity contribution in [3.63, 3.8) is 0 Å². The summed E-state index contributed by atoms with van der Waals surface area (Å²) in [4.78, 5) is 0. The molecule has 1 unspecified atom stereocenters. The summed E-state index contributed by atoms with van der Waals surface area (Å²) < 4.78 is 0. The van der Waals surface area contributed by atoms with Gasteiger partial charge in [0.25, 0.3) is 0 Å². The minimum atomic E-state index is 0.700. The zero-order chi connectivity index (χ0) is 10.5. The van der Waals surface area contributed by atoms with Crippen molar-refractivity contribution in [3.05, 3.63) is 42.8 Å². The molecule has 2 rings (SSSR count). The Morgan fingerprint density at radius 1 is 1.07 bits per heavy atom. The number of hydrogen-bond donors (Lipinski definition) is 0. The highest BCUT2D eigenvalue weighted by atomic mass is 14.3. The van der Waals surface area contributed by atoms with Gasteiger partial charge < -0.3 is 0 Å². The molecule has 0 amide bonds. The van der Waals surface area contributed by atoms with Crippen LogP contribution in [-0.4, -0.2) is 0 Å². The van der Waals surface area contributed by atoms with Crippen LogP contribution in [0.1, 0.15) is 50.0 Å². The summed E-state index contributed by atoms with van der Waals surface area (Å²) in [5, 5.41) is 0. The van der Waals surface area contributed by atoms with Gasteiger partial charge >= 0.3 is 0 Å². The first kappa shape index (κ1) is 10.7. The Hall–Kier alpha value is -0.780. The molecule has 0 spiro atoms. The quantitative estimate of drug-likeness (QED) is 0.671. The highest BCUT2D eigenvalue weighted by Gasteiger charge is 2.23. The molecule has 0 bridgehead atoms. The van der Waals surface area contributed by atoms with E-state index in [2.05, 4.69) is 37.3 Å². The van der Waals surface area contributed by atoms with Crippen LogP contribution in [0.25, 0.3) is 0 Å². The van der Waals surface area contributed by atoms with Gasteiger partial charge in [-0.1, -0.05) is 56.5 Å². The molecule has 1 saturated carbocycles. The first-order chi connectivity index (χ1) is 7.42. The zero-order valence-electron chi connectivity index (χ0n) is 9.49. The van der Waals surface area contributed by atoms with Crippen molar-refractivity contribution in [1.82, 2.24) is 0 Å². The lowest BCUT2D eigenvalue weighted by atomic mass is 9.76. The molecule has 0 aliphatic heterocycles. The Bertz CT molecular complexity index is 269. The topological polar surface area (TPSA) is 0 Å². The highest BCUT2D eigenvalue weighted by Crippen LogP contribution is 2.37. The molecule has 0 nitrogen and oxygen atoms in total. The van der Waals surface area contributed by atoms with E-state index in [1.165, 1.54) is 37.7 Å². The summed E-state index contributed by atoms with van der Waals surface area (Å²) in [6, 6.07) is 10.9. The minimum Gasteiger partial charge on any atom is -0.0622 e. The molecule has 0 saturated heterocycles. The van der Waals surface area contributed by atoms with E-state index in [1.807, 2.05) is 0 Å². The average molecular weight is 201 g/mol. The fourth-order valence-corrected chi connectivity index (χ4v) is 2.91. The number of benzene rings is 1. The molecule has 15 heavy (non-hydrogen) atoms. The maximum absolute atomic E-state index is 4.14. The second kappa shape index (κ2) is 5.34. The maximum atomic E-state index is 4.14. The van der Waals surface area contributed by atoms with Gasteiger partial charge in [0.1, 0.15) is 0 Å². The summed E-state index contributed by atoms with van der Waals surface area (Å²) in [5.74, 6) is 1.59. The second-order valence-electron chi connectivity index (χ2n) is 4.70. The minimum absolute atomic E-state index is 0.700. The van der Waals surface area contributed by atoms with E-state index in [0.717, 1.165) is 12.3 Å². The number of hydrogen-bond acceptors (Lipinski definition) is 0. The molecule has 1 fully saturated rings. The highest BCUT2D eigenvalue weighted by molar-refractivity contribution is 5.20. The van der Waals surface area contributed by atoms with Crippen LogP contribution in [0.5, 0.6) is 0 Å². The molecule has 0 N–H and O–H groups in total. The van der Waals surface area contributed by atoms with Crippen molar-refractivity contribution in [2.45, 2.75) is 44.4 Å². The molecule has 1 radical (unpaired) electrons. The van der Waals surface area contributed by atoms with Crippen LogP contribution in [0, 0.1) is 12.8 Å². The SMILES string of the molecule is [CH2]CC(c1ccccc1)C1CCCCC1. The Labute approximate surface area is 93.7 Å². The maximum Gasteiger partial charge on any atom is -0.0134 e. The third-order valence-corrected chi connectivity index (χ3v) is 3.76. The predicted octanol–water partition coefficient (Wildman–Crippen LogP) is 4.57. The summed E-state index contributed by atoms with van der Waals surface area (Å²) in [6.45, 7) is 4.14. The van der Waals surface area contributed by atoms with E-state index in [0.29, 0.717) is 5.92 Å². The van der Waals surface area contributed by atoms with Gasteiger partial charge in [0.15, 0.2) is 0 Å². The van der Waals surface area contributed by atoms with Crippen LogP contribution in [0.15, 0.2) is 30.3 Å². The van der Waals surface area contributed by atoms with E-state index in [-0.39, 0.29) is 0 Å². The lowest BCUT2D eigenvalue weighted by molar-refractivity contribution is 0.304. The van der Waals surface area contributed by atoms with Gasteiger partial charge in [-0.15, -0.1) is 0 Å². The number of rotatable bonds is 3.